The summed E-state index contributed by atoms with van der Waals surface area (Å²) < 4.78 is 10.9. The van der Waals surface area contributed by atoms with Crippen LogP contribution in [0.3, 0.4) is 0 Å². The number of ether oxygens (including phenoxy) is 2. The minimum absolute atomic E-state index is 0.0506. The Bertz CT molecular complexity index is 917. The van der Waals surface area contributed by atoms with Gasteiger partial charge < -0.3 is 20.1 Å². The molecule has 1 fully saturated rings. The van der Waals surface area contributed by atoms with Crippen molar-refractivity contribution >= 4 is 23.4 Å². The fourth-order valence-electron chi connectivity index (χ4n) is 3.38. The number of halogens is 1. The average Bonchev–Trinajstić information content (AvgIpc) is 2.79. The second-order valence-corrected chi connectivity index (χ2v) is 7.79. The molecule has 0 heterocycles. The van der Waals surface area contributed by atoms with Crippen LogP contribution in [-0.4, -0.2) is 37.1 Å². The number of nitriles is 1. The molecular weight excluding hydrogens is 418 g/mol. The number of carbonyl (C=O) groups is 2. The maximum absolute atomic E-state index is 12.1. The van der Waals surface area contributed by atoms with Gasteiger partial charge >= 0.3 is 0 Å². The predicted molar refractivity (Wildman–Crippen MR) is 116 cm³/mol. The number of benzene rings is 2. The minimum Gasteiger partial charge on any atom is -0.484 e. The van der Waals surface area contributed by atoms with Crippen LogP contribution >= 0.6 is 11.6 Å². The molecule has 1 saturated carbocycles. The van der Waals surface area contributed by atoms with Crippen molar-refractivity contribution in [3.63, 3.8) is 0 Å². The summed E-state index contributed by atoms with van der Waals surface area (Å²) in [5, 5.41) is 15.4. The molecule has 2 aromatic rings. The average molecular weight is 442 g/mol. The molecular formula is C23H24ClN3O4. The highest BCUT2D eigenvalue weighted by atomic mass is 35.5. The van der Waals surface area contributed by atoms with E-state index in [0.717, 1.165) is 25.7 Å². The highest BCUT2D eigenvalue weighted by molar-refractivity contribution is 6.30. The maximum atomic E-state index is 12.1. The SMILES string of the molecule is N#Cc1ccc(OCC(=O)N[C@H]2CC[C@H](NC(=O)COc3ccc(Cl)cc3)CC2)cc1. The minimum atomic E-state index is -0.187. The number of carbonyl (C=O) groups excluding carboxylic acids is 2. The van der Waals surface area contributed by atoms with Gasteiger partial charge in [0.05, 0.1) is 11.6 Å². The number of nitrogens with zero attached hydrogens (tertiary/aromatic N) is 1. The summed E-state index contributed by atoms with van der Waals surface area (Å²) >= 11 is 5.82. The lowest BCUT2D eigenvalue weighted by Crippen LogP contribution is -2.45. The molecule has 8 heteroatoms. The van der Waals surface area contributed by atoms with Crippen molar-refractivity contribution in [3.05, 3.63) is 59.1 Å². The first-order chi connectivity index (χ1) is 15.0. The fraction of sp³-hybridized carbons (Fsp3) is 0.348. The summed E-state index contributed by atoms with van der Waals surface area (Å²) in [4.78, 5) is 24.2. The van der Waals surface area contributed by atoms with Crippen LogP contribution in [0, 0.1) is 11.3 Å². The van der Waals surface area contributed by atoms with E-state index in [1.807, 2.05) is 6.07 Å². The van der Waals surface area contributed by atoms with Gasteiger partial charge in [-0.25, -0.2) is 0 Å². The number of amides is 2. The van der Waals surface area contributed by atoms with Crippen molar-refractivity contribution in [3.8, 4) is 17.6 Å². The van der Waals surface area contributed by atoms with E-state index in [1.165, 1.54) is 0 Å². The first-order valence-electron chi connectivity index (χ1n) is 10.1. The monoisotopic (exact) mass is 441 g/mol. The van der Waals surface area contributed by atoms with E-state index in [4.69, 9.17) is 26.3 Å². The van der Waals surface area contributed by atoms with Gasteiger partial charge in [-0.3, -0.25) is 9.59 Å². The second-order valence-electron chi connectivity index (χ2n) is 7.35. The second kappa shape index (κ2) is 11.2. The molecule has 7 nitrogen and oxygen atoms in total. The smallest absolute Gasteiger partial charge is 0.258 e. The van der Waals surface area contributed by atoms with E-state index in [2.05, 4.69) is 10.6 Å². The molecule has 162 valence electrons. The Morgan fingerprint density at radius 3 is 1.68 bits per heavy atom. The maximum Gasteiger partial charge on any atom is 0.258 e. The predicted octanol–water partition coefficient (Wildman–Crippen LogP) is 3.21. The third-order valence-corrected chi connectivity index (χ3v) is 5.25. The van der Waals surface area contributed by atoms with E-state index in [-0.39, 0.29) is 37.1 Å². The zero-order valence-electron chi connectivity index (χ0n) is 17.0. The fourth-order valence-corrected chi connectivity index (χ4v) is 3.50. The quantitative estimate of drug-likeness (QED) is 0.655. The number of hydrogen-bond donors (Lipinski definition) is 2. The molecule has 1 aliphatic rings. The Balaban J connectivity index is 1.31. The molecule has 0 atom stereocenters. The molecule has 0 aromatic heterocycles. The van der Waals surface area contributed by atoms with Gasteiger partial charge in [0.15, 0.2) is 13.2 Å². The summed E-state index contributed by atoms with van der Waals surface area (Å²) in [5.41, 5.74) is 0.539. The summed E-state index contributed by atoms with van der Waals surface area (Å²) in [6, 6.07) is 15.6. The van der Waals surface area contributed by atoms with Crippen LogP contribution in [-0.2, 0) is 9.59 Å². The first-order valence-corrected chi connectivity index (χ1v) is 10.5. The molecule has 0 radical (unpaired) electrons. The molecule has 2 amide bonds. The van der Waals surface area contributed by atoms with E-state index in [9.17, 15) is 9.59 Å². The Morgan fingerprint density at radius 2 is 1.26 bits per heavy atom. The zero-order chi connectivity index (χ0) is 22.1. The Labute approximate surface area is 186 Å². The van der Waals surface area contributed by atoms with Gasteiger partial charge in [-0.15, -0.1) is 0 Å². The third-order valence-electron chi connectivity index (χ3n) is 4.99. The lowest BCUT2D eigenvalue weighted by Gasteiger charge is -2.29. The third kappa shape index (κ3) is 7.50. The Hall–Kier alpha value is -3.24. The number of rotatable bonds is 8. The van der Waals surface area contributed by atoms with Gasteiger partial charge in [-0.1, -0.05) is 11.6 Å². The van der Waals surface area contributed by atoms with Gasteiger partial charge in [0.25, 0.3) is 11.8 Å². The van der Waals surface area contributed by atoms with Crippen molar-refractivity contribution < 1.29 is 19.1 Å². The molecule has 2 N–H and O–H groups in total. The summed E-state index contributed by atoms with van der Waals surface area (Å²) in [6.45, 7) is -0.129. The van der Waals surface area contributed by atoms with E-state index < -0.39 is 0 Å². The van der Waals surface area contributed by atoms with Crippen molar-refractivity contribution in [2.45, 2.75) is 37.8 Å². The molecule has 0 saturated heterocycles. The van der Waals surface area contributed by atoms with Crippen molar-refractivity contribution in [2.75, 3.05) is 13.2 Å². The standard InChI is InChI=1S/C23H24ClN3O4/c24-17-3-11-21(12-4-17)31-15-23(29)27-19-7-5-18(6-8-19)26-22(28)14-30-20-9-1-16(13-25)2-10-20/h1-4,9-12,18-19H,5-8,14-15H2,(H,26,28)(H,27,29)/t18-,19-. The van der Waals surface area contributed by atoms with Crippen LogP contribution in [0.1, 0.15) is 31.2 Å². The summed E-state index contributed by atoms with van der Waals surface area (Å²) in [6.07, 6.45) is 3.14. The molecule has 1 aliphatic carbocycles. The van der Waals surface area contributed by atoms with Gasteiger partial charge in [0.2, 0.25) is 0 Å². The molecule has 0 spiro atoms. The molecule has 3 rings (SSSR count). The van der Waals surface area contributed by atoms with Crippen molar-refractivity contribution in [1.82, 2.24) is 10.6 Å². The van der Waals surface area contributed by atoms with Crippen LogP contribution in [0.4, 0.5) is 0 Å². The first kappa shape index (κ1) is 22.4. The van der Waals surface area contributed by atoms with E-state index in [0.29, 0.717) is 22.1 Å². The van der Waals surface area contributed by atoms with Gasteiger partial charge in [-0.2, -0.15) is 5.26 Å². The molecule has 0 unspecified atom stereocenters. The van der Waals surface area contributed by atoms with E-state index >= 15 is 0 Å². The van der Waals surface area contributed by atoms with E-state index in [1.54, 1.807) is 48.5 Å². The van der Waals surface area contributed by atoms with Gasteiger partial charge in [0.1, 0.15) is 11.5 Å². The largest absolute Gasteiger partial charge is 0.484 e. The molecule has 0 bridgehead atoms. The van der Waals surface area contributed by atoms with Crippen LogP contribution in [0.25, 0.3) is 0 Å². The lowest BCUT2D eigenvalue weighted by atomic mass is 9.91. The zero-order valence-corrected chi connectivity index (χ0v) is 17.7. The molecule has 2 aromatic carbocycles. The molecule has 0 aliphatic heterocycles. The van der Waals surface area contributed by atoms with Crippen molar-refractivity contribution in [2.24, 2.45) is 0 Å². The Morgan fingerprint density at radius 1 is 0.839 bits per heavy atom. The highest BCUT2D eigenvalue weighted by Crippen LogP contribution is 2.19. The molecule has 31 heavy (non-hydrogen) atoms. The topological polar surface area (TPSA) is 100 Å². The van der Waals surface area contributed by atoms with Gasteiger partial charge in [0, 0.05) is 17.1 Å². The lowest BCUT2D eigenvalue weighted by molar-refractivity contribution is -0.125. The Kier molecular flexibility index (Phi) is 8.13. The number of hydrogen-bond acceptors (Lipinski definition) is 5. The normalized spacial score (nSPS) is 17.8. The van der Waals surface area contributed by atoms with Crippen LogP contribution < -0.4 is 20.1 Å². The summed E-state index contributed by atoms with van der Waals surface area (Å²) in [5.74, 6) is 0.780. The van der Waals surface area contributed by atoms with Crippen LogP contribution in [0.5, 0.6) is 11.5 Å². The van der Waals surface area contributed by atoms with Crippen LogP contribution in [0.2, 0.25) is 5.02 Å². The van der Waals surface area contributed by atoms with Crippen LogP contribution in [0.15, 0.2) is 48.5 Å². The summed E-state index contributed by atoms with van der Waals surface area (Å²) in [7, 11) is 0. The number of nitrogens with one attached hydrogen (secondary N) is 2. The van der Waals surface area contributed by atoms with Gasteiger partial charge in [-0.05, 0) is 74.2 Å². The van der Waals surface area contributed by atoms with Crippen molar-refractivity contribution in [1.29, 1.82) is 5.26 Å². The highest BCUT2D eigenvalue weighted by Gasteiger charge is 2.23.